The molecule has 1 aliphatic heterocycles. The fourth-order valence-electron chi connectivity index (χ4n) is 4.59. The number of sulfone groups is 1. The molecule has 1 heterocycles. The van der Waals surface area contributed by atoms with Crippen molar-refractivity contribution in [2.45, 2.75) is 33.1 Å². The van der Waals surface area contributed by atoms with Crippen LogP contribution in [0.2, 0.25) is 0 Å². The van der Waals surface area contributed by atoms with Crippen molar-refractivity contribution in [1.82, 2.24) is 0 Å². The molecule has 1 saturated heterocycles. The zero-order valence-corrected chi connectivity index (χ0v) is 9.73. The molecule has 0 aromatic heterocycles. The lowest BCUT2D eigenvalue weighted by molar-refractivity contribution is 0.128. The Morgan fingerprint density at radius 2 is 1.93 bits per heavy atom. The molecule has 2 saturated carbocycles. The van der Waals surface area contributed by atoms with Gasteiger partial charge in [0.15, 0.2) is 9.84 Å². The molecule has 14 heavy (non-hydrogen) atoms. The maximum absolute atomic E-state index is 11.7. The van der Waals surface area contributed by atoms with Crippen LogP contribution in [-0.4, -0.2) is 19.9 Å². The second kappa shape index (κ2) is 2.21. The van der Waals surface area contributed by atoms with Gasteiger partial charge in [0.25, 0.3) is 0 Å². The Bertz CT molecular complexity index is 382. The van der Waals surface area contributed by atoms with E-state index in [1.165, 1.54) is 12.8 Å². The molecule has 3 rings (SSSR count). The van der Waals surface area contributed by atoms with Crippen molar-refractivity contribution < 1.29 is 8.42 Å². The third-order valence-electron chi connectivity index (χ3n) is 5.53. The first-order chi connectivity index (χ1) is 6.37. The number of hydrogen-bond acceptors (Lipinski definition) is 2. The molecule has 0 aromatic rings. The highest BCUT2D eigenvalue weighted by Crippen LogP contribution is 2.70. The van der Waals surface area contributed by atoms with Crippen LogP contribution < -0.4 is 0 Å². The van der Waals surface area contributed by atoms with E-state index in [4.69, 9.17) is 0 Å². The zero-order chi connectivity index (χ0) is 10.2. The molecule has 80 valence electrons. The summed E-state index contributed by atoms with van der Waals surface area (Å²) in [5.74, 6) is 2.24. The molecule has 1 spiro atoms. The Labute approximate surface area is 86.0 Å². The summed E-state index contributed by atoms with van der Waals surface area (Å²) in [6.07, 6.45) is 3.60. The highest BCUT2D eigenvalue weighted by atomic mass is 32.2. The smallest absolute Gasteiger partial charge is 0.151 e. The van der Waals surface area contributed by atoms with E-state index in [1.807, 2.05) is 0 Å². The quantitative estimate of drug-likeness (QED) is 0.617. The third-order valence-corrected chi connectivity index (χ3v) is 7.39. The molecule has 0 radical (unpaired) electrons. The maximum atomic E-state index is 11.7. The molecule has 0 amide bonds. The summed E-state index contributed by atoms with van der Waals surface area (Å²) in [6, 6.07) is 0. The predicted octanol–water partition coefficient (Wildman–Crippen LogP) is 1.86. The molecule has 3 fully saturated rings. The zero-order valence-electron chi connectivity index (χ0n) is 8.91. The predicted molar refractivity (Wildman–Crippen MR) is 55.7 cm³/mol. The minimum Gasteiger partial charge on any atom is -0.229 e. The van der Waals surface area contributed by atoms with Gasteiger partial charge in [-0.25, -0.2) is 8.42 Å². The van der Waals surface area contributed by atoms with E-state index in [0.29, 0.717) is 17.4 Å². The minimum absolute atomic E-state index is 0.163. The Balaban J connectivity index is 2.13. The van der Waals surface area contributed by atoms with Crippen molar-refractivity contribution in [3.8, 4) is 0 Å². The van der Waals surface area contributed by atoms with Gasteiger partial charge in [-0.2, -0.15) is 0 Å². The van der Waals surface area contributed by atoms with Crippen molar-refractivity contribution >= 4 is 9.84 Å². The van der Waals surface area contributed by atoms with Crippen LogP contribution in [0.3, 0.4) is 0 Å². The lowest BCUT2D eigenvalue weighted by atomic mass is 9.67. The first kappa shape index (κ1) is 9.20. The van der Waals surface area contributed by atoms with Crippen molar-refractivity contribution in [2.24, 2.45) is 22.7 Å². The second-order valence-electron chi connectivity index (χ2n) is 6.10. The average Bonchev–Trinajstić information content (AvgIpc) is 2.50. The Kier molecular flexibility index (Phi) is 1.45. The van der Waals surface area contributed by atoms with Crippen LogP contribution in [0.4, 0.5) is 0 Å². The summed E-state index contributed by atoms with van der Waals surface area (Å²) >= 11 is 0. The summed E-state index contributed by atoms with van der Waals surface area (Å²) in [7, 11) is -2.72. The molecular weight excluding hydrogens is 196 g/mol. The molecule has 2 nitrogen and oxygen atoms in total. The van der Waals surface area contributed by atoms with Gasteiger partial charge < -0.3 is 0 Å². The summed E-state index contributed by atoms with van der Waals surface area (Å²) in [5, 5.41) is 0. The molecule has 2 aliphatic carbocycles. The SMILES string of the molecule is CC1(C)C2CC[C@]13CS(=O)(=O)CC3C2. The lowest BCUT2D eigenvalue weighted by Crippen LogP contribution is -2.35. The van der Waals surface area contributed by atoms with Crippen LogP contribution in [0.15, 0.2) is 0 Å². The number of rotatable bonds is 0. The highest BCUT2D eigenvalue weighted by molar-refractivity contribution is 7.91. The topological polar surface area (TPSA) is 34.1 Å². The van der Waals surface area contributed by atoms with E-state index >= 15 is 0 Å². The van der Waals surface area contributed by atoms with Gasteiger partial charge in [0.1, 0.15) is 0 Å². The van der Waals surface area contributed by atoms with Crippen LogP contribution >= 0.6 is 0 Å². The molecule has 2 unspecified atom stereocenters. The minimum atomic E-state index is -2.72. The lowest BCUT2D eigenvalue weighted by Gasteiger charge is -2.37. The second-order valence-corrected chi connectivity index (χ2v) is 8.21. The highest BCUT2D eigenvalue weighted by Gasteiger charge is 2.68. The van der Waals surface area contributed by atoms with E-state index in [9.17, 15) is 8.42 Å². The molecule has 3 aliphatic rings. The molecule has 0 aromatic carbocycles. The molecule has 3 heteroatoms. The number of hydrogen-bond donors (Lipinski definition) is 0. The van der Waals surface area contributed by atoms with Gasteiger partial charge in [-0.1, -0.05) is 13.8 Å². The van der Waals surface area contributed by atoms with Crippen LogP contribution in [-0.2, 0) is 9.84 Å². The fraction of sp³-hybridized carbons (Fsp3) is 1.00. The van der Waals surface area contributed by atoms with Gasteiger partial charge in [-0.15, -0.1) is 0 Å². The van der Waals surface area contributed by atoms with Crippen LogP contribution in [0.1, 0.15) is 33.1 Å². The summed E-state index contributed by atoms with van der Waals surface area (Å²) < 4.78 is 23.4. The van der Waals surface area contributed by atoms with E-state index in [2.05, 4.69) is 13.8 Å². The summed E-state index contributed by atoms with van der Waals surface area (Å²) in [6.45, 7) is 4.59. The maximum Gasteiger partial charge on any atom is 0.151 e. The number of fused-ring (bicyclic) bond motifs is 1. The van der Waals surface area contributed by atoms with Gasteiger partial charge in [0.2, 0.25) is 0 Å². The molecular formula is C11H18O2S. The van der Waals surface area contributed by atoms with Gasteiger partial charge >= 0.3 is 0 Å². The van der Waals surface area contributed by atoms with Crippen molar-refractivity contribution in [3.05, 3.63) is 0 Å². The van der Waals surface area contributed by atoms with Gasteiger partial charge in [-0.05, 0) is 41.9 Å². The van der Waals surface area contributed by atoms with E-state index in [-0.39, 0.29) is 10.8 Å². The normalized spacial score (nSPS) is 52.1. The van der Waals surface area contributed by atoms with E-state index in [0.717, 1.165) is 12.3 Å². The molecule has 2 bridgehead atoms. The van der Waals surface area contributed by atoms with Crippen molar-refractivity contribution in [2.75, 3.05) is 11.5 Å². The Morgan fingerprint density at radius 1 is 1.21 bits per heavy atom. The average molecular weight is 214 g/mol. The van der Waals surface area contributed by atoms with Gasteiger partial charge in [-0.3, -0.25) is 0 Å². The van der Waals surface area contributed by atoms with Crippen LogP contribution in [0.5, 0.6) is 0 Å². The Morgan fingerprint density at radius 3 is 2.50 bits per heavy atom. The first-order valence-corrected chi connectivity index (χ1v) is 7.40. The van der Waals surface area contributed by atoms with Gasteiger partial charge in [0.05, 0.1) is 11.5 Å². The van der Waals surface area contributed by atoms with Crippen LogP contribution in [0, 0.1) is 22.7 Å². The largest absolute Gasteiger partial charge is 0.229 e. The van der Waals surface area contributed by atoms with Crippen molar-refractivity contribution in [3.63, 3.8) is 0 Å². The summed E-state index contributed by atoms with van der Waals surface area (Å²) in [4.78, 5) is 0. The third kappa shape index (κ3) is 0.814. The first-order valence-electron chi connectivity index (χ1n) is 5.58. The molecule has 0 N–H and O–H groups in total. The van der Waals surface area contributed by atoms with Crippen molar-refractivity contribution in [1.29, 1.82) is 0 Å². The fourth-order valence-corrected chi connectivity index (χ4v) is 7.32. The monoisotopic (exact) mass is 214 g/mol. The van der Waals surface area contributed by atoms with E-state index in [1.54, 1.807) is 0 Å². The summed E-state index contributed by atoms with van der Waals surface area (Å²) in [5.41, 5.74) is 0.442. The van der Waals surface area contributed by atoms with Crippen LogP contribution in [0.25, 0.3) is 0 Å². The Hall–Kier alpha value is -0.0500. The molecule has 3 atom stereocenters. The standard InChI is InChI=1S/C11H18O2S/c1-10(2)8-3-4-11(10)7-14(12,13)6-9(11)5-8/h8-9H,3-7H2,1-2H3/t8?,9?,11-/m1/s1. The van der Waals surface area contributed by atoms with Gasteiger partial charge in [0, 0.05) is 0 Å². The van der Waals surface area contributed by atoms with E-state index < -0.39 is 9.84 Å².